The Labute approximate surface area is 202 Å². The lowest BCUT2D eigenvalue weighted by Gasteiger charge is -2.16. The van der Waals surface area contributed by atoms with E-state index < -0.39 is 17.7 Å². The molecule has 0 aliphatic carbocycles. The Morgan fingerprint density at radius 3 is 2.21 bits per heavy atom. The average molecular weight is 498 g/mol. The van der Waals surface area contributed by atoms with Crippen LogP contribution in [0.15, 0.2) is 34.5 Å². The Kier molecular flexibility index (Phi) is 9.74. The molecule has 2 rings (SSSR count). The molecule has 2 aromatic rings. The third-order valence-electron chi connectivity index (χ3n) is 4.24. The third kappa shape index (κ3) is 6.72. The van der Waals surface area contributed by atoms with E-state index in [1.165, 1.54) is 39.3 Å². The largest absolute Gasteiger partial charge is 0.497 e. The minimum Gasteiger partial charge on any atom is -0.497 e. The topological polar surface area (TPSA) is 108 Å². The lowest BCUT2D eigenvalue weighted by Crippen LogP contribution is -2.32. The fraction of sp³-hybridized carbons (Fsp3) is 0.364. The SMILES string of the molecule is CCOc1cc(Cl)c(NC(=O)C(N=Nc2cc(OC)cc(Cl)c2OC)C(C)=O)c(OCC)c1. The summed E-state index contributed by atoms with van der Waals surface area (Å²) in [6.07, 6.45) is 0. The van der Waals surface area contributed by atoms with Crippen LogP contribution in [-0.4, -0.2) is 45.2 Å². The monoisotopic (exact) mass is 497 g/mol. The molecule has 11 heteroatoms. The second-order valence-electron chi connectivity index (χ2n) is 6.52. The van der Waals surface area contributed by atoms with Crippen molar-refractivity contribution < 1.29 is 28.5 Å². The number of hydrogen-bond donors (Lipinski definition) is 1. The number of nitrogens with one attached hydrogen (secondary N) is 1. The van der Waals surface area contributed by atoms with E-state index in [-0.39, 0.29) is 27.2 Å². The molecule has 0 radical (unpaired) electrons. The van der Waals surface area contributed by atoms with Crippen LogP contribution in [0.5, 0.6) is 23.0 Å². The minimum absolute atomic E-state index is 0.179. The normalized spacial score (nSPS) is 11.7. The highest BCUT2D eigenvalue weighted by atomic mass is 35.5. The molecule has 1 atom stereocenters. The number of azo groups is 1. The molecule has 0 aliphatic heterocycles. The molecule has 0 aromatic heterocycles. The fourth-order valence-electron chi connectivity index (χ4n) is 2.78. The molecule has 1 amide bonds. The standard InChI is InChI=1S/C22H25Cl2N3O6/c1-6-32-14-9-15(23)20(18(11-14)33-7-2)25-22(29)19(12(3)28)27-26-17-10-13(30-4)8-16(24)21(17)31-5/h8-11,19H,6-7H2,1-5H3,(H,25,29). The van der Waals surface area contributed by atoms with Gasteiger partial charge in [0, 0.05) is 24.3 Å². The van der Waals surface area contributed by atoms with Crippen molar-refractivity contribution in [1.82, 2.24) is 0 Å². The molecule has 0 saturated heterocycles. The van der Waals surface area contributed by atoms with Crippen LogP contribution < -0.4 is 24.3 Å². The van der Waals surface area contributed by atoms with E-state index in [1.54, 1.807) is 13.0 Å². The molecule has 2 aromatic carbocycles. The number of carbonyl (C=O) groups excluding carboxylic acids is 2. The molecule has 9 nitrogen and oxygen atoms in total. The minimum atomic E-state index is -1.46. The smallest absolute Gasteiger partial charge is 0.258 e. The van der Waals surface area contributed by atoms with Crippen LogP contribution in [0.3, 0.4) is 0 Å². The van der Waals surface area contributed by atoms with E-state index >= 15 is 0 Å². The second kappa shape index (κ2) is 12.3. The van der Waals surface area contributed by atoms with E-state index in [9.17, 15) is 9.59 Å². The van der Waals surface area contributed by atoms with Crippen LogP contribution in [0, 0.1) is 0 Å². The number of rotatable bonds is 11. The van der Waals surface area contributed by atoms with Gasteiger partial charge >= 0.3 is 0 Å². The summed E-state index contributed by atoms with van der Waals surface area (Å²) in [7, 11) is 2.87. The maximum Gasteiger partial charge on any atom is 0.258 e. The summed E-state index contributed by atoms with van der Waals surface area (Å²) in [4.78, 5) is 25.1. The number of ether oxygens (including phenoxy) is 4. The van der Waals surface area contributed by atoms with Crippen LogP contribution in [-0.2, 0) is 9.59 Å². The first-order valence-electron chi connectivity index (χ1n) is 9.98. The van der Waals surface area contributed by atoms with E-state index in [0.29, 0.717) is 30.5 Å². The molecule has 1 N–H and O–H groups in total. The first kappa shape index (κ1) is 26.2. The Hall–Kier alpha value is -3.04. The molecule has 0 bridgehead atoms. The highest BCUT2D eigenvalue weighted by Crippen LogP contribution is 2.40. The van der Waals surface area contributed by atoms with Crippen molar-refractivity contribution >= 4 is 46.3 Å². The van der Waals surface area contributed by atoms with Gasteiger partial charge in [-0.3, -0.25) is 9.59 Å². The average Bonchev–Trinajstić information content (AvgIpc) is 2.76. The van der Waals surface area contributed by atoms with Gasteiger partial charge in [-0.15, -0.1) is 0 Å². The highest BCUT2D eigenvalue weighted by molar-refractivity contribution is 6.34. The number of amides is 1. The fourth-order valence-corrected chi connectivity index (χ4v) is 3.31. The van der Waals surface area contributed by atoms with Crippen molar-refractivity contribution in [1.29, 1.82) is 0 Å². The van der Waals surface area contributed by atoms with Gasteiger partial charge in [0.05, 0.1) is 37.5 Å². The van der Waals surface area contributed by atoms with Gasteiger partial charge in [-0.05, 0) is 20.8 Å². The quantitative estimate of drug-likeness (QED) is 0.324. The van der Waals surface area contributed by atoms with Crippen LogP contribution in [0.1, 0.15) is 20.8 Å². The predicted molar refractivity (Wildman–Crippen MR) is 126 cm³/mol. The Bertz CT molecular complexity index is 1050. The van der Waals surface area contributed by atoms with Gasteiger partial charge in [-0.2, -0.15) is 10.2 Å². The molecular formula is C22H25Cl2N3O6. The maximum atomic E-state index is 12.9. The first-order chi connectivity index (χ1) is 15.7. The number of benzene rings is 2. The van der Waals surface area contributed by atoms with Crippen LogP contribution in [0.4, 0.5) is 11.4 Å². The number of anilines is 1. The lowest BCUT2D eigenvalue weighted by molar-refractivity contribution is -0.126. The summed E-state index contributed by atoms with van der Waals surface area (Å²) in [6.45, 7) is 5.59. The number of ketones is 1. The zero-order chi connectivity index (χ0) is 24.5. The highest BCUT2D eigenvalue weighted by Gasteiger charge is 2.26. The molecule has 33 heavy (non-hydrogen) atoms. The molecule has 0 heterocycles. The summed E-state index contributed by atoms with van der Waals surface area (Å²) in [5.74, 6) is 0.115. The zero-order valence-electron chi connectivity index (χ0n) is 18.9. The number of methoxy groups -OCH3 is 2. The van der Waals surface area contributed by atoms with Crippen LogP contribution in [0.2, 0.25) is 10.0 Å². The summed E-state index contributed by atoms with van der Waals surface area (Å²) in [6, 6.07) is 4.73. The van der Waals surface area contributed by atoms with Crippen molar-refractivity contribution in [3.8, 4) is 23.0 Å². The predicted octanol–water partition coefficient (Wildman–Crippen LogP) is 5.49. The summed E-state index contributed by atoms with van der Waals surface area (Å²) < 4.78 is 21.4. The van der Waals surface area contributed by atoms with E-state index in [0.717, 1.165) is 0 Å². The zero-order valence-corrected chi connectivity index (χ0v) is 20.4. The second-order valence-corrected chi connectivity index (χ2v) is 7.34. The van der Waals surface area contributed by atoms with Gasteiger partial charge in [-0.1, -0.05) is 23.2 Å². The van der Waals surface area contributed by atoms with Crippen molar-refractivity contribution in [2.45, 2.75) is 26.8 Å². The van der Waals surface area contributed by atoms with Gasteiger partial charge in [0.25, 0.3) is 5.91 Å². The number of halogens is 2. The van der Waals surface area contributed by atoms with Gasteiger partial charge in [-0.25, -0.2) is 0 Å². The van der Waals surface area contributed by atoms with Crippen molar-refractivity contribution in [2.24, 2.45) is 10.2 Å². The molecule has 0 aliphatic rings. The number of carbonyl (C=O) groups is 2. The Morgan fingerprint density at radius 2 is 1.64 bits per heavy atom. The van der Waals surface area contributed by atoms with E-state index in [4.69, 9.17) is 42.1 Å². The molecule has 178 valence electrons. The number of hydrogen-bond acceptors (Lipinski definition) is 8. The Morgan fingerprint density at radius 1 is 0.970 bits per heavy atom. The van der Waals surface area contributed by atoms with E-state index in [2.05, 4.69) is 15.5 Å². The Balaban J connectivity index is 2.38. The molecule has 1 unspecified atom stereocenters. The molecule has 0 spiro atoms. The first-order valence-corrected chi connectivity index (χ1v) is 10.7. The van der Waals surface area contributed by atoms with Crippen molar-refractivity contribution in [2.75, 3.05) is 32.8 Å². The van der Waals surface area contributed by atoms with Gasteiger partial charge in [0.15, 0.2) is 11.5 Å². The van der Waals surface area contributed by atoms with Crippen molar-refractivity contribution in [3.63, 3.8) is 0 Å². The van der Waals surface area contributed by atoms with Gasteiger partial charge in [0.2, 0.25) is 6.04 Å². The number of Topliss-reactive ketones (excluding diaryl/α,β-unsaturated/α-hetero) is 1. The van der Waals surface area contributed by atoms with Gasteiger partial charge in [0.1, 0.15) is 28.6 Å². The summed E-state index contributed by atoms with van der Waals surface area (Å²) in [5.41, 5.74) is 0.380. The molecular weight excluding hydrogens is 473 g/mol. The van der Waals surface area contributed by atoms with Crippen molar-refractivity contribution in [3.05, 3.63) is 34.3 Å². The van der Waals surface area contributed by atoms with E-state index in [1.807, 2.05) is 6.92 Å². The third-order valence-corrected chi connectivity index (χ3v) is 4.82. The molecule has 0 fully saturated rings. The summed E-state index contributed by atoms with van der Waals surface area (Å²) in [5, 5.41) is 11.0. The van der Waals surface area contributed by atoms with Gasteiger partial charge < -0.3 is 24.3 Å². The lowest BCUT2D eigenvalue weighted by atomic mass is 10.2. The number of nitrogens with zero attached hydrogens (tertiary/aromatic N) is 2. The van der Waals surface area contributed by atoms with Crippen LogP contribution >= 0.6 is 23.2 Å². The maximum absolute atomic E-state index is 12.9. The van der Waals surface area contributed by atoms with Crippen LogP contribution in [0.25, 0.3) is 0 Å². The molecule has 0 saturated carbocycles. The summed E-state index contributed by atoms with van der Waals surface area (Å²) >= 11 is 12.5.